The van der Waals surface area contributed by atoms with Gasteiger partial charge in [-0.3, -0.25) is 0 Å². The van der Waals surface area contributed by atoms with E-state index in [2.05, 4.69) is 15.5 Å². The van der Waals surface area contributed by atoms with Gasteiger partial charge in [-0.25, -0.2) is 0 Å². The second kappa shape index (κ2) is 3.30. The number of nitrogen functional groups attached to an aromatic ring is 1. The summed E-state index contributed by atoms with van der Waals surface area (Å²) < 4.78 is 1.76. The summed E-state index contributed by atoms with van der Waals surface area (Å²) in [6, 6.07) is 5.92. The van der Waals surface area contributed by atoms with Crippen LogP contribution in [0.4, 0.5) is 5.69 Å². The Balaban J connectivity index is 2.10. The third-order valence-electron chi connectivity index (χ3n) is 2.85. The number of tetrazole rings is 1. The summed E-state index contributed by atoms with van der Waals surface area (Å²) in [4.78, 5) is 0. The number of aromatic nitrogens is 4. The second-order valence-electron chi connectivity index (χ2n) is 4.29. The van der Waals surface area contributed by atoms with Gasteiger partial charge in [-0.15, -0.1) is 5.10 Å². The maximum Gasteiger partial charge on any atom is 0.159 e. The molecule has 1 fully saturated rings. The Morgan fingerprint density at radius 1 is 1.38 bits per heavy atom. The van der Waals surface area contributed by atoms with E-state index < -0.39 is 0 Å². The SMILES string of the molecule is Cc1ccc(-n2nnnc2C2CC2)c(N)c1. The number of rotatable bonds is 2. The van der Waals surface area contributed by atoms with Gasteiger partial charge in [0.25, 0.3) is 0 Å². The number of benzene rings is 1. The van der Waals surface area contributed by atoms with Crippen LogP contribution < -0.4 is 5.73 Å². The first-order valence-electron chi connectivity index (χ1n) is 5.40. The molecular weight excluding hydrogens is 202 g/mol. The minimum Gasteiger partial charge on any atom is -0.397 e. The van der Waals surface area contributed by atoms with Crippen molar-refractivity contribution < 1.29 is 0 Å². The van der Waals surface area contributed by atoms with Crippen molar-refractivity contribution in [3.63, 3.8) is 0 Å². The number of nitrogens with two attached hydrogens (primary N) is 1. The van der Waals surface area contributed by atoms with E-state index in [1.807, 2.05) is 25.1 Å². The highest BCUT2D eigenvalue weighted by atomic mass is 15.5. The normalized spacial score (nSPS) is 15.3. The molecule has 0 radical (unpaired) electrons. The van der Waals surface area contributed by atoms with Crippen molar-refractivity contribution in [2.45, 2.75) is 25.7 Å². The van der Waals surface area contributed by atoms with E-state index in [0.29, 0.717) is 11.6 Å². The summed E-state index contributed by atoms with van der Waals surface area (Å²) in [5, 5.41) is 11.8. The standard InChI is InChI=1S/C11H13N5/c1-7-2-5-10(9(12)6-7)16-11(8-3-4-8)13-14-15-16/h2,5-6,8H,3-4,12H2,1H3. The minimum absolute atomic E-state index is 0.510. The number of aryl methyl sites for hydroxylation is 1. The largest absolute Gasteiger partial charge is 0.397 e. The molecule has 0 unspecified atom stereocenters. The third-order valence-corrected chi connectivity index (χ3v) is 2.85. The molecule has 0 atom stereocenters. The molecule has 1 aliphatic rings. The zero-order valence-electron chi connectivity index (χ0n) is 9.09. The predicted octanol–water partition coefficient (Wildman–Crippen LogP) is 1.43. The van der Waals surface area contributed by atoms with Crippen molar-refractivity contribution in [2.75, 3.05) is 5.73 Å². The molecule has 2 N–H and O–H groups in total. The third kappa shape index (κ3) is 1.44. The van der Waals surface area contributed by atoms with E-state index in [9.17, 15) is 0 Å². The lowest BCUT2D eigenvalue weighted by Gasteiger charge is -2.07. The molecule has 1 aromatic heterocycles. The van der Waals surface area contributed by atoms with E-state index >= 15 is 0 Å². The molecule has 5 nitrogen and oxygen atoms in total. The summed E-state index contributed by atoms with van der Waals surface area (Å²) >= 11 is 0. The highest BCUT2D eigenvalue weighted by Gasteiger charge is 2.30. The van der Waals surface area contributed by atoms with Crippen LogP contribution >= 0.6 is 0 Å². The number of hydrogen-bond donors (Lipinski definition) is 1. The molecule has 1 saturated carbocycles. The predicted molar refractivity (Wildman–Crippen MR) is 60.3 cm³/mol. The molecule has 0 bridgehead atoms. The smallest absolute Gasteiger partial charge is 0.159 e. The van der Waals surface area contributed by atoms with Gasteiger partial charge >= 0.3 is 0 Å². The van der Waals surface area contributed by atoms with Gasteiger partial charge in [-0.1, -0.05) is 6.07 Å². The monoisotopic (exact) mass is 215 g/mol. The zero-order chi connectivity index (χ0) is 11.1. The number of anilines is 1. The fourth-order valence-corrected chi connectivity index (χ4v) is 1.83. The van der Waals surface area contributed by atoms with E-state index in [1.165, 1.54) is 12.8 Å². The van der Waals surface area contributed by atoms with E-state index in [4.69, 9.17) is 5.73 Å². The number of hydrogen-bond acceptors (Lipinski definition) is 4. The van der Waals surface area contributed by atoms with Crippen molar-refractivity contribution >= 4 is 5.69 Å². The Morgan fingerprint density at radius 3 is 2.88 bits per heavy atom. The Kier molecular flexibility index (Phi) is 1.92. The van der Waals surface area contributed by atoms with Gasteiger partial charge in [0.2, 0.25) is 0 Å². The van der Waals surface area contributed by atoms with Gasteiger partial charge in [0, 0.05) is 5.92 Å². The van der Waals surface area contributed by atoms with Crippen molar-refractivity contribution in [3.05, 3.63) is 29.6 Å². The first-order chi connectivity index (χ1) is 7.75. The molecular formula is C11H13N5. The summed E-state index contributed by atoms with van der Waals surface area (Å²) in [7, 11) is 0. The summed E-state index contributed by atoms with van der Waals surface area (Å²) in [5.74, 6) is 1.44. The van der Waals surface area contributed by atoms with Gasteiger partial charge < -0.3 is 5.73 Å². The molecule has 0 amide bonds. The van der Waals surface area contributed by atoms with Gasteiger partial charge in [-0.2, -0.15) is 4.68 Å². The molecule has 2 aromatic rings. The van der Waals surface area contributed by atoms with Crippen molar-refractivity contribution in [1.29, 1.82) is 0 Å². The lowest BCUT2D eigenvalue weighted by molar-refractivity contribution is 0.764. The van der Waals surface area contributed by atoms with E-state index in [1.54, 1.807) is 4.68 Å². The van der Waals surface area contributed by atoms with Crippen LogP contribution in [0.5, 0.6) is 0 Å². The highest BCUT2D eigenvalue weighted by molar-refractivity contribution is 5.59. The Labute approximate surface area is 93.3 Å². The van der Waals surface area contributed by atoms with Gasteiger partial charge in [0.15, 0.2) is 5.82 Å². The maximum absolute atomic E-state index is 5.99. The fourth-order valence-electron chi connectivity index (χ4n) is 1.83. The molecule has 1 aromatic carbocycles. The molecule has 1 heterocycles. The van der Waals surface area contributed by atoms with E-state index in [-0.39, 0.29) is 0 Å². The van der Waals surface area contributed by atoms with Crippen LogP contribution in [0.3, 0.4) is 0 Å². The minimum atomic E-state index is 0.510. The van der Waals surface area contributed by atoms with Crippen molar-refractivity contribution in [1.82, 2.24) is 20.2 Å². The van der Waals surface area contributed by atoms with Gasteiger partial charge in [-0.05, 0) is 47.9 Å². The molecule has 16 heavy (non-hydrogen) atoms. The molecule has 5 heteroatoms. The summed E-state index contributed by atoms with van der Waals surface area (Å²) in [6.07, 6.45) is 2.35. The van der Waals surface area contributed by atoms with Crippen LogP contribution in [0.15, 0.2) is 18.2 Å². The first kappa shape index (κ1) is 9.33. The number of nitrogens with zero attached hydrogens (tertiary/aromatic N) is 4. The molecule has 3 rings (SSSR count). The first-order valence-corrected chi connectivity index (χ1v) is 5.40. The Morgan fingerprint density at radius 2 is 2.19 bits per heavy atom. The van der Waals surface area contributed by atoms with Crippen LogP contribution in [0.2, 0.25) is 0 Å². The van der Waals surface area contributed by atoms with Gasteiger partial charge in [0.05, 0.1) is 11.4 Å². The van der Waals surface area contributed by atoms with Crippen molar-refractivity contribution in [3.8, 4) is 5.69 Å². The lowest BCUT2D eigenvalue weighted by atomic mass is 10.2. The Bertz CT molecular complexity index is 527. The zero-order valence-corrected chi connectivity index (χ0v) is 9.09. The second-order valence-corrected chi connectivity index (χ2v) is 4.29. The molecule has 1 aliphatic carbocycles. The molecule has 82 valence electrons. The summed E-state index contributed by atoms with van der Waals surface area (Å²) in [6.45, 7) is 2.02. The molecule has 0 saturated heterocycles. The Hall–Kier alpha value is -1.91. The average Bonchev–Trinajstić information content (AvgIpc) is 2.98. The quantitative estimate of drug-likeness (QED) is 0.769. The van der Waals surface area contributed by atoms with Crippen LogP contribution in [0.1, 0.15) is 30.1 Å². The van der Waals surface area contributed by atoms with E-state index in [0.717, 1.165) is 17.1 Å². The van der Waals surface area contributed by atoms with Crippen LogP contribution in [0.25, 0.3) is 5.69 Å². The highest BCUT2D eigenvalue weighted by Crippen LogP contribution is 2.39. The van der Waals surface area contributed by atoms with Crippen molar-refractivity contribution in [2.24, 2.45) is 0 Å². The van der Waals surface area contributed by atoms with Crippen LogP contribution in [0, 0.1) is 6.92 Å². The van der Waals surface area contributed by atoms with Crippen LogP contribution in [-0.4, -0.2) is 20.2 Å². The fraction of sp³-hybridized carbons (Fsp3) is 0.364. The van der Waals surface area contributed by atoms with Crippen LogP contribution in [-0.2, 0) is 0 Å². The summed E-state index contributed by atoms with van der Waals surface area (Å²) in [5.41, 5.74) is 8.72. The topological polar surface area (TPSA) is 69.6 Å². The molecule has 0 aliphatic heterocycles. The van der Waals surface area contributed by atoms with Gasteiger partial charge in [0.1, 0.15) is 0 Å². The lowest BCUT2D eigenvalue weighted by Crippen LogP contribution is -2.05. The average molecular weight is 215 g/mol. The maximum atomic E-state index is 5.99. The molecule has 0 spiro atoms.